The summed E-state index contributed by atoms with van der Waals surface area (Å²) in [6.07, 6.45) is 48.2. The summed E-state index contributed by atoms with van der Waals surface area (Å²) in [7, 11) is -5.07. The number of unbranched alkanes of at least 4 members (excludes halogenated alkanes) is 23. The highest BCUT2D eigenvalue weighted by Crippen LogP contribution is 2.26. The van der Waals surface area contributed by atoms with Crippen LogP contribution in [0.5, 0.6) is 0 Å². The Balaban J connectivity index is 2.33. The van der Waals surface area contributed by atoms with Gasteiger partial charge in [-0.05, 0) is 77.0 Å². The third kappa shape index (κ3) is 38.3. The number of carbonyl (C=O) groups is 1. The quantitative estimate of drug-likeness (QED) is 0.0197. The van der Waals surface area contributed by atoms with E-state index in [4.69, 9.17) is 18.9 Å². The third-order valence-electron chi connectivity index (χ3n) is 11.9. The van der Waals surface area contributed by atoms with Crippen LogP contribution in [0.1, 0.15) is 213 Å². The zero-order chi connectivity index (χ0) is 48.9. The fourth-order valence-electron chi connectivity index (χ4n) is 7.81. The van der Waals surface area contributed by atoms with Gasteiger partial charge in [-0.25, -0.2) is 4.18 Å². The second-order valence-corrected chi connectivity index (χ2v) is 19.2. The second kappa shape index (κ2) is 45.0. The van der Waals surface area contributed by atoms with Crippen LogP contribution in [0.25, 0.3) is 0 Å². The van der Waals surface area contributed by atoms with Crippen molar-refractivity contribution < 1.29 is 56.2 Å². The van der Waals surface area contributed by atoms with Crippen LogP contribution in [0.2, 0.25) is 0 Å². The molecular formula is C54H96O12S. The first-order valence-corrected chi connectivity index (χ1v) is 27.9. The van der Waals surface area contributed by atoms with Crippen LogP contribution < -0.4 is 0 Å². The van der Waals surface area contributed by atoms with Gasteiger partial charge in [0.2, 0.25) is 0 Å². The van der Waals surface area contributed by atoms with Crippen molar-refractivity contribution in [2.24, 2.45) is 0 Å². The molecular weight excluding hydrogens is 873 g/mol. The second-order valence-electron chi connectivity index (χ2n) is 18.1. The van der Waals surface area contributed by atoms with E-state index >= 15 is 0 Å². The van der Waals surface area contributed by atoms with E-state index in [-0.39, 0.29) is 19.6 Å². The van der Waals surface area contributed by atoms with E-state index < -0.39 is 59.8 Å². The number of esters is 1. The third-order valence-corrected chi connectivity index (χ3v) is 12.3. The molecule has 390 valence electrons. The standard InChI is InChI=1S/C54H96O12S/c1-3-5-7-9-11-13-15-17-19-20-21-22-23-24-25-26-27-28-29-31-33-35-37-39-41-43-50(56)64-48(47-63-54-52(58)53(66-67(59,60)61)51(57)49(45-55)65-54)46-62-44-42-40-38-36-34-32-30-18-16-14-12-10-8-6-4-2/h10,12,15-18,20-21,23-24,48-49,51-55,57-58H,3-9,11,13-14,19,22,25-47H2,1-2H3,(H,59,60,61)/b12-10-,17-15-,18-16-,21-20-,24-23-. The average molecular weight is 969 g/mol. The Morgan fingerprint density at radius 2 is 1.00 bits per heavy atom. The lowest BCUT2D eigenvalue weighted by molar-refractivity contribution is -0.301. The van der Waals surface area contributed by atoms with Crippen LogP contribution >= 0.6 is 0 Å². The molecule has 1 heterocycles. The summed E-state index contributed by atoms with van der Waals surface area (Å²) in [6.45, 7) is 3.92. The minimum atomic E-state index is -5.07. The molecule has 0 radical (unpaired) electrons. The van der Waals surface area contributed by atoms with Crippen molar-refractivity contribution in [3.8, 4) is 0 Å². The maximum atomic E-state index is 12.9. The molecule has 1 saturated heterocycles. The molecule has 0 aromatic rings. The van der Waals surface area contributed by atoms with Gasteiger partial charge in [-0.2, -0.15) is 8.42 Å². The van der Waals surface area contributed by atoms with Crippen LogP contribution in [0, 0.1) is 0 Å². The molecule has 0 amide bonds. The number of allylic oxidation sites excluding steroid dienone is 10. The van der Waals surface area contributed by atoms with Crippen LogP contribution in [0.15, 0.2) is 60.8 Å². The van der Waals surface area contributed by atoms with Gasteiger partial charge in [-0.15, -0.1) is 0 Å². The van der Waals surface area contributed by atoms with Gasteiger partial charge in [-0.1, -0.05) is 190 Å². The Kier molecular flexibility index (Phi) is 42.2. The van der Waals surface area contributed by atoms with E-state index in [9.17, 15) is 33.1 Å². The maximum absolute atomic E-state index is 12.9. The number of hydrogen-bond donors (Lipinski definition) is 4. The molecule has 0 bridgehead atoms. The first-order chi connectivity index (χ1) is 32.6. The molecule has 6 atom stereocenters. The Morgan fingerprint density at radius 1 is 0.567 bits per heavy atom. The molecule has 1 aliphatic rings. The van der Waals surface area contributed by atoms with Crippen molar-refractivity contribution in [3.63, 3.8) is 0 Å². The Morgan fingerprint density at radius 3 is 1.48 bits per heavy atom. The molecule has 4 N–H and O–H groups in total. The lowest BCUT2D eigenvalue weighted by Crippen LogP contribution is -2.60. The molecule has 1 fully saturated rings. The normalized spacial score (nSPS) is 19.9. The van der Waals surface area contributed by atoms with Crippen LogP contribution in [0.3, 0.4) is 0 Å². The summed E-state index contributed by atoms with van der Waals surface area (Å²) in [6, 6.07) is 0. The van der Waals surface area contributed by atoms with Gasteiger partial charge in [0.05, 0.1) is 19.8 Å². The Labute approximate surface area is 408 Å². The smallest absolute Gasteiger partial charge is 0.397 e. The molecule has 12 nitrogen and oxygen atoms in total. The van der Waals surface area contributed by atoms with Gasteiger partial charge < -0.3 is 34.3 Å². The van der Waals surface area contributed by atoms with Gasteiger partial charge >= 0.3 is 16.4 Å². The monoisotopic (exact) mass is 969 g/mol. The molecule has 1 rings (SSSR count). The van der Waals surface area contributed by atoms with Crippen LogP contribution in [-0.2, 0) is 38.3 Å². The molecule has 6 unspecified atom stereocenters. The van der Waals surface area contributed by atoms with Crippen LogP contribution in [0.4, 0.5) is 0 Å². The summed E-state index contributed by atoms with van der Waals surface area (Å²) in [4.78, 5) is 12.9. The molecule has 0 aromatic heterocycles. The summed E-state index contributed by atoms with van der Waals surface area (Å²) in [5.41, 5.74) is 0. The summed E-state index contributed by atoms with van der Waals surface area (Å²) >= 11 is 0. The topological polar surface area (TPSA) is 178 Å². The minimum absolute atomic E-state index is 0.0254. The van der Waals surface area contributed by atoms with Crippen molar-refractivity contribution in [2.45, 2.75) is 250 Å². The van der Waals surface area contributed by atoms with E-state index in [1.807, 2.05) is 0 Å². The van der Waals surface area contributed by atoms with E-state index in [1.165, 1.54) is 103 Å². The van der Waals surface area contributed by atoms with E-state index in [2.05, 4.69) is 78.8 Å². The number of hydrogen-bond acceptors (Lipinski definition) is 11. The van der Waals surface area contributed by atoms with Gasteiger partial charge in [0.15, 0.2) is 6.29 Å². The molecule has 0 spiro atoms. The largest absolute Gasteiger partial charge is 0.457 e. The molecule has 1 aliphatic heterocycles. The van der Waals surface area contributed by atoms with Gasteiger partial charge in [-0.3, -0.25) is 9.35 Å². The van der Waals surface area contributed by atoms with Crippen molar-refractivity contribution >= 4 is 16.4 Å². The number of aliphatic hydroxyl groups excluding tert-OH is 3. The van der Waals surface area contributed by atoms with Gasteiger partial charge in [0.1, 0.15) is 30.5 Å². The first-order valence-electron chi connectivity index (χ1n) is 26.5. The fourth-order valence-corrected chi connectivity index (χ4v) is 8.32. The lowest BCUT2D eigenvalue weighted by Gasteiger charge is -2.41. The number of aliphatic hydroxyl groups is 3. The highest BCUT2D eigenvalue weighted by Gasteiger charge is 2.48. The van der Waals surface area contributed by atoms with Crippen molar-refractivity contribution in [3.05, 3.63) is 60.8 Å². The molecule has 0 aliphatic carbocycles. The van der Waals surface area contributed by atoms with Crippen molar-refractivity contribution in [1.82, 2.24) is 0 Å². The zero-order valence-electron chi connectivity index (χ0n) is 41.9. The Bertz CT molecular complexity index is 1400. The zero-order valence-corrected chi connectivity index (χ0v) is 42.8. The molecule has 0 aromatic carbocycles. The predicted molar refractivity (Wildman–Crippen MR) is 271 cm³/mol. The van der Waals surface area contributed by atoms with E-state index in [1.54, 1.807) is 0 Å². The highest BCUT2D eigenvalue weighted by atomic mass is 32.3. The highest BCUT2D eigenvalue weighted by molar-refractivity contribution is 7.80. The SMILES string of the molecule is CCCC/C=C\C/C=C\CCCCCCCCOCC(COC1OC(CO)C(O)C(OS(=O)(=O)O)C1O)OC(=O)CCCCCCCCCCCC/C=C\C/C=C\C/C=C\CCCCCCC. The minimum Gasteiger partial charge on any atom is -0.457 e. The summed E-state index contributed by atoms with van der Waals surface area (Å²) in [5, 5.41) is 30.8. The van der Waals surface area contributed by atoms with Crippen molar-refractivity contribution in [1.29, 1.82) is 0 Å². The Hall–Kier alpha value is -2.20. The number of rotatable bonds is 46. The fraction of sp³-hybridized carbons (Fsp3) is 0.796. The lowest BCUT2D eigenvalue weighted by atomic mass is 9.99. The van der Waals surface area contributed by atoms with E-state index in [0.717, 1.165) is 83.5 Å². The molecule has 0 saturated carbocycles. The van der Waals surface area contributed by atoms with Crippen molar-refractivity contribution in [2.75, 3.05) is 26.4 Å². The average Bonchev–Trinajstić information content (AvgIpc) is 3.30. The summed E-state index contributed by atoms with van der Waals surface area (Å²) < 4.78 is 59.2. The van der Waals surface area contributed by atoms with Crippen LogP contribution in [-0.4, -0.2) is 97.5 Å². The van der Waals surface area contributed by atoms with Gasteiger partial charge in [0, 0.05) is 13.0 Å². The molecule has 13 heteroatoms. The first kappa shape index (κ1) is 62.8. The summed E-state index contributed by atoms with van der Waals surface area (Å²) in [5.74, 6) is -0.408. The maximum Gasteiger partial charge on any atom is 0.397 e. The molecule has 67 heavy (non-hydrogen) atoms. The van der Waals surface area contributed by atoms with E-state index in [0.29, 0.717) is 13.0 Å². The predicted octanol–water partition coefficient (Wildman–Crippen LogP) is 12.5. The number of carbonyl (C=O) groups excluding carboxylic acids is 1. The number of ether oxygens (including phenoxy) is 4. The van der Waals surface area contributed by atoms with Gasteiger partial charge in [0.25, 0.3) is 0 Å².